The molecular formula is C15H21BrN4. The summed E-state index contributed by atoms with van der Waals surface area (Å²) in [4.78, 5) is 14.5. The Labute approximate surface area is 128 Å². The highest BCUT2D eigenvalue weighted by atomic mass is 79.9. The maximum absolute atomic E-state index is 4.82. The van der Waals surface area contributed by atoms with Gasteiger partial charge in [-0.15, -0.1) is 0 Å². The fourth-order valence-corrected chi connectivity index (χ4v) is 3.86. The van der Waals surface area contributed by atoms with Gasteiger partial charge >= 0.3 is 0 Å². The monoisotopic (exact) mass is 336 g/mol. The molecule has 1 unspecified atom stereocenters. The third-order valence-corrected chi connectivity index (χ3v) is 5.21. The molecule has 0 aromatic carbocycles. The Bertz CT molecular complexity index is 503. The maximum atomic E-state index is 4.82. The average molecular weight is 337 g/mol. The number of rotatable bonds is 2. The summed E-state index contributed by atoms with van der Waals surface area (Å²) in [6.45, 7) is 4.71. The van der Waals surface area contributed by atoms with Crippen LogP contribution in [0.15, 0.2) is 10.7 Å². The minimum absolute atomic E-state index is 0.613. The van der Waals surface area contributed by atoms with Gasteiger partial charge in [-0.25, -0.2) is 9.97 Å². The van der Waals surface area contributed by atoms with Gasteiger partial charge in [-0.05, 0) is 48.2 Å². The van der Waals surface area contributed by atoms with E-state index in [0.29, 0.717) is 5.92 Å². The van der Waals surface area contributed by atoms with Crippen molar-refractivity contribution in [2.24, 2.45) is 0 Å². The molecule has 0 bridgehead atoms. The van der Waals surface area contributed by atoms with Gasteiger partial charge in [0.1, 0.15) is 16.2 Å². The Balaban J connectivity index is 1.55. The number of piperazine rings is 1. The lowest BCUT2D eigenvalue weighted by Crippen LogP contribution is -2.55. The van der Waals surface area contributed by atoms with Gasteiger partial charge in [-0.1, -0.05) is 6.42 Å². The van der Waals surface area contributed by atoms with Crippen molar-refractivity contribution in [1.29, 1.82) is 0 Å². The van der Waals surface area contributed by atoms with Crippen LogP contribution in [0.25, 0.3) is 0 Å². The molecule has 108 valence electrons. The second kappa shape index (κ2) is 5.26. The highest BCUT2D eigenvalue weighted by Gasteiger charge is 2.31. The summed E-state index contributed by atoms with van der Waals surface area (Å²) in [5, 5.41) is 0. The van der Waals surface area contributed by atoms with E-state index in [2.05, 4.69) is 36.8 Å². The van der Waals surface area contributed by atoms with Crippen molar-refractivity contribution < 1.29 is 0 Å². The summed E-state index contributed by atoms with van der Waals surface area (Å²) in [7, 11) is 0. The molecule has 2 saturated heterocycles. The normalized spacial score (nSPS) is 27.4. The zero-order valence-corrected chi connectivity index (χ0v) is 13.3. The molecule has 0 radical (unpaired) electrons. The van der Waals surface area contributed by atoms with Crippen LogP contribution in [0.5, 0.6) is 0 Å². The van der Waals surface area contributed by atoms with E-state index in [1.54, 1.807) is 0 Å². The molecule has 20 heavy (non-hydrogen) atoms. The van der Waals surface area contributed by atoms with Crippen molar-refractivity contribution >= 4 is 21.7 Å². The van der Waals surface area contributed by atoms with E-state index in [4.69, 9.17) is 4.98 Å². The number of nitrogens with zero attached hydrogens (tertiary/aromatic N) is 4. The summed E-state index contributed by atoms with van der Waals surface area (Å²) < 4.78 is 0.940. The highest BCUT2D eigenvalue weighted by Crippen LogP contribution is 2.39. The number of piperidine rings is 1. The van der Waals surface area contributed by atoms with Gasteiger partial charge in [-0.3, -0.25) is 4.90 Å². The lowest BCUT2D eigenvalue weighted by atomic mass is 9.99. The minimum atomic E-state index is 0.613. The van der Waals surface area contributed by atoms with Crippen molar-refractivity contribution in [3.05, 3.63) is 16.5 Å². The summed E-state index contributed by atoms with van der Waals surface area (Å²) >= 11 is 3.56. The Morgan fingerprint density at radius 1 is 1.05 bits per heavy atom. The van der Waals surface area contributed by atoms with E-state index in [0.717, 1.165) is 35.4 Å². The molecule has 3 heterocycles. The first kappa shape index (κ1) is 13.0. The number of hydrogen-bond donors (Lipinski definition) is 0. The molecule has 0 amide bonds. The van der Waals surface area contributed by atoms with Crippen LogP contribution < -0.4 is 4.90 Å². The molecular weight excluding hydrogens is 316 g/mol. The first-order valence-corrected chi connectivity index (χ1v) is 8.62. The fourth-order valence-electron chi connectivity index (χ4n) is 3.47. The van der Waals surface area contributed by atoms with Crippen molar-refractivity contribution in [1.82, 2.24) is 14.9 Å². The molecule has 0 N–H and O–H groups in total. The van der Waals surface area contributed by atoms with Gasteiger partial charge in [-0.2, -0.15) is 0 Å². The molecule has 2 aliphatic heterocycles. The fraction of sp³-hybridized carbons (Fsp3) is 0.733. The largest absolute Gasteiger partial charge is 0.354 e. The Kier molecular flexibility index (Phi) is 3.42. The van der Waals surface area contributed by atoms with Crippen LogP contribution in [0.1, 0.15) is 43.8 Å². The third kappa shape index (κ3) is 2.58. The molecule has 1 aromatic rings. The van der Waals surface area contributed by atoms with Crippen LogP contribution in [0.2, 0.25) is 0 Å². The molecule has 4 nitrogen and oxygen atoms in total. The number of halogens is 1. The number of fused-ring (bicyclic) bond motifs is 1. The lowest BCUT2D eigenvalue weighted by molar-refractivity contribution is 0.133. The van der Waals surface area contributed by atoms with Crippen LogP contribution in [0.3, 0.4) is 0 Å². The van der Waals surface area contributed by atoms with Gasteiger partial charge in [0.15, 0.2) is 0 Å². The Morgan fingerprint density at radius 3 is 2.80 bits per heavy atom. The van der Waals surface area contributed by atoms with E-state index >= 15 is 0 Å². The molecule has 3 aliphatic rings. The standard InChI is InChI=1S/C15H21BrN4/c16-13-9-14(18-15(17-13)11-4-5-11)20-8-7-19-6-2-1-3-12(19)10-20/h9,11-12H,1-8,10H2. The summed E-state index contributed by atoms with van der Waals surface area (Å²) in [6.07, 6.45) is 6.62. The van der Waals surface area contributed by atoms with Crippen LogP contribution >= 0.6 is 15.9 Å². The van der Waals surface area contributed by atoms with Gasteiger partial charge in [0.2, 0.25) is 0 Å². The lowest BCUT2D eigenvalue weighted by Gasteiger charge is -2.44. The topological polar surface area (TPSA) is 32.3 Å². The molecule has 1 aliphatic carbocycles. The predicted octanol–water partition coefficient (Wildman–Crippen LogP) is 2.79. The summed E-state index contributed by atoms with van der Waals surface area (Å²) in [5.74, 6) is 2.78. The number of aromatic nitrogens is 2. The second-order valence-corrected chi connectivity index (χ2v) is 7.13. The molecule has 4 rings (SSSR count). The summed E-state index contributed by atoms with van der Waals surface area (Å²) in [5.41, 5.74) is 0. The van der Waals surface area contributed by atoms with Crippen molar-refractivity contribution in [3.63, 3.8) is 0 Å². The van der Waals surface area contributed by atoms with Crippen LogP contribution in [0, 0.1) is 0 Å². The Hall–Kier alpha value is -0.680. The first-order valence-electron chi connectivity index (χ1n) is 7.83. The van der Waals surface area contributed by atoms with E-state index in [1.807, 2.05) is 0 Å². The first-order chi connectivity index (χ1) is 9.79. The van der Waals surface area contributed by atoms with Crippen LogP contribution in [-0.2, 0) is 0 Å². The minimum Gasteiger partial charge on any atom is -0.354 e. The van der Waals surface area contributed by atoms with Crippen molar-refractivity contribution in [3.8, 4) is 0 Å². The van der Waals surface area contributed by atoms with E-state index < -0.39 is 0 Å². The molecule has 5 heteroatoms. The van der Waals surface area contributed by atoms with E-state index in [1.165, 1.54) is 45.2 Å². The van der Waals surface area contributed by atoms with Crippen LogP contribution in [0.4, 0.5) is 5.82 Å². The highest BCUT2D eigenvalue weighted by molar-refractivity contribution is 9.10. The van der Waals surface area contributed by atoms with Crippen LogP contribution in [-0.4, -0.2) is 47.1 Å². The number of anilines is 1. The van der Waals surface area contributed by atoms with Gasteiger partial charge < -0.3 is 4.90 Å². The smallest absolute Gasteiger partial charge is 0.135 e. The molecule has 1 atom stereocenters. The molecule has 1 saturated carbocycles. The van der Waals surface area contributed by atoms with Gasteiger partial charge in [0, 0.05) is 37.7 Å². The predicted molar refractivity (Wildman–Crippen MR) is 83.1 cm³/mol. The SMILES string of the molecule is Brc1cc(N2CCN3CCCCC3C2)nc(C2CC2)n1. The quantitative estimate of drug-likeness (QED) is 0.777. The third-order valence-electron chi connectivity index (χ3n) is 4.80. The zero-order chi connectivity index (χ0) is 13.5. The van der Waals surface area contributed by atoms with E-state index in [9.17, 15) is 0 Å². The van der Waals surface area contributed by atoms with Gasteiger partial charge in [0.05, 0.1) is 0 Å². The molecule has 1 aromatic heterocycles. The van der Waals surface area contributed by atoms with Crippen molar-refractivity contribution in [2.45, 2.75) is 44.1 Å². The summed E-state index contributed by atoms with van der Waals surface area (Å²) in [6, 6.07) is 2.82. The average Bonchev–Trinajstić information content (AvgIpc) is 3.31. The Morgan fingerprint density at radius 2 is 1.95 bits per heavy atom. The maximum Gasteiger partial charge on any atom is 0.135 e. The van der Waals surface area contributed by atoms with Crippen molar-refractivity contribution in [2.75, 3.05) is 31.1 Å². The zero-order valence-electron chi connectivity index (χ0n) is 11.8. The second-order valence-electron chi connectivity index (χ2n) is 6.31. The number of hydrogen-bond acceptors (Lipinski definition) is 4. The van der Waals surface area contributed by atoms with Gasteiger partial charge in [0.25, 0.3) is 0 Å². The molecule has 3 fully saturated rings. The molecule has 0 spiro atoms. The van der Waals surface area contributed by atoms with E-state index in [-0.39, 0.29) is 0 Å².